The molecule has 1 aromatic rings. The van der Waals surface area contributed by atoms with E-state index in [9.17, 15) is 4.79 Å². The van der Waals surface area contributed by atoms with E-state index in [4.69, 9.17) is 5.73 Å². The number of hydrogen-bond acceptors (Lipinski definition) is 6. The normalized spacial score (nSPS) is 16.1. The molecule has 1 amide bonds. The van der Waals surface area contributed by atoms with Gasteiger partial charge >= 0.3 is 0 Å². The predicted octanol–water partition coefficient (Wildman–Crippen LogP) is 1.01. The van der Waals surface area contributed by atoms with Gasteiger partial charge in [0.05, 0.1) is 0 Å². The van der Waals surface area contributed by atoms with Crippen LogP contribution in [0.4, 0.5) is 10.9 Å². The molecule has 6 nitrogen and oxygen atoms in total. The van der Waals surface area contributed by atoms with Gasteiger partial charge in [-0.25, -0.2) is 4.98 Å². The van der Waals surface area contributed by atoms with E-state index in [1.165, 1.54) is 11.3 Å². The minimum absolute atomic E-state index is 0.0162. The van der Waals surface area contributed by atoms with Crippen molar-refractivity contribution < 1.29 is 4.79 Å². The minimum atomic E-state index is 0.0162. The summed E-state index contributed by atoms with van der Waals surface area (Å²) < 4.78 is 0. The van der Waals surface area contributed by atoms with Gasteiger partial charge in [-0.3, -0.25) is 4.79 Å². The summed E-state index contributed by atoms with van der Waals surface area (Å²) in [6.07, 6.45) is 2.00. The van der Waals surface area contributed by atoms with Gasteiger partial charge in [0.25, 0.3) is 5.91 Å². The maximum atomic E-state index is 12.7. The van der Waals surface area contributed by atoms with Crippen molar-refractivity contribution in [1.82, 2.24) is 15.2 Å². The molecule has 7 heteroatoms. The van der Waals surface area contributed by atoms with Gasteiger partial charge in [0, 0.05) is 26.7 Å². The lowest BCUT2D eigenvalue weighted by Gasteiger charge is -2.33. The zero-order valence-corrected chi connectivity index (χ0v) is 13.2. The number of anilines is 2. The standard InChI is InChI=1S/C13H23N5OS/c1-4-18(9-5-7-15-8-6-9)12(19)10-11(14)16-13(20-10)17(2)3/h9,15H,4-8,14H2,1-3H3. The number of thiazole rings is 1. The highest BCUT2D eigenvalue weighted by Gasteiger charge is 2.28. The van der Waals surface area contributed by atoms with Gasteiger partial charge < -0.3 is 20.9 Å². The van der Waals surface area contributed by atoms with Crippen molar-refractivity contribution in [3.63, 3.8) is 0 Å². The highest BCUT2D eigenvalue weighted by Crippen LogP contribution is 2.29. The monoisotopic (exact) mass is 297 g/mol. The number of nitrogens with two attached hydrogens (primary N) is 1. The number of carbonyl (C=O) groups excluding carboxylic acids is 1. The first-order valence-electron chi connectivity index (χ1n) is 7.00. The molecule has 2 rings (SSSR count). The Morgan fingerprint density at radius 1 is 1.45 bits per heavy atom. The van der Waals surface area contributed by atoms with Crippen LogP contribution in [0.25, 0.3) is 0 Å². The molecule has 20 heavy (non-hydrogen) atoms. The van der Waals surface area contributed by atoms with E-state index in [-0.39, 0.29) is 5.91 Å². The first kappa shape index (κ1) is 15.1. The van der Waals surface area contributed by atoms with Crippen LogP contribution in [0.2, 0.25) is 0 Å². The Hall–Kier alpha value is -1.34. The molecule has 0 aromatic carbocycles. The van der Waals surface area contributed by atoms with Crippen LogP contribution in [-0.4, -0.2) is 55.6 Å². The van der Waals surface area contributed by atoms with Gasteiger partial charge in [-0.1, -0.05) is 11.3 Å². The van der Waals surface area contributed by atoms with Crippen LogP contribution in [0.1, 0.15) is 29.4 Å². The fourth-order valence-electron chi connectivity index (χ4n) is 2.48. The van der Waals surface area contributed by atoms with E-state index in [2.05, 4.69) is 10.3 Å². The van der Waals surface area contributed by atoms with Gasteiger partial charge in [0.2, 0.25) is 0 Å². The summed E-state index contributed by atoms with van der Waals surface area (Å²) >= 11 is 1.37. The molecule has 0 saturated carbocycles. The van der Waals surface area contributed by atoms with Crippen molar-refractivity contribution in [3.05, 3.63) is 4.88 Å². The molecule has 2 heterocycles. The number of carbonyl (C=O) groups is 1. The summed E-state index contributed by atoms with van der Waals surface area (Å²) in [6.45, 7) is 4.66. The number of nitrogens with zero attached hydrogens (tertiary/aromatic N) is 3. The molecule has 0 radical (unpaired) electrons. The summed E-state index contributed by atoms with van der Waals surface area (Å²) in [7, 11) is 3.80. The second-order valence-corrected chi connectivity index (χ2v) is 6.16. The van der Waals surface area contributed by atoms with E-state index in [0.717, 1.165) is 31.1 Å². The Kier molecular flexibility index (Phi) is 4.82. The van der Waals surface area contributed by atoms with E-state index in [1.54, 1.807) is 0 Å². The second-order valence-electron chi connectivity index (χ2n) is 5.18. The molecule has 0 aliphatic carbocycles. The van der Waals surface area contributed by atoms with Crippen molar-refractivity contribution in [2.75, 3.05) is 44.4 Å². The molecule has 1 aliphatic heterocycles. The minimum Gasteiger partial charge on any atom is -0.382 e. The lowest BCUT2D eigenvalue weighted by Crippen LogP contribution is -2.46. The Morgan fingerprint density at radius 3 is 2.60 bits per heavy atom. The fraction of sp³-hybridized carbons (Fsp3) is 0.692. The fourth-order valence-corrected chi connectivity index (χ4v) is 3.35. The van der Waals surface area contributed by atoms with Gasteiger partial charge in [0.15, 0.2) is 5.13 Å². The molecule has 0 unspecified atom stereocenters. The van der Waals surface area contributed by atoms with Gasteiger partial charge in [-0.2, -0.15) is 0 Å². The third-order valence-electron chi connectivity index (χ3n) is 3.57. The van der Waals surface area contributed by atoms with E-state index >= 15 is 0 Å². The molecule has 0 atom stereocenters. The predicted molar refractivity (Wildman–Crippen MR) is 83.5 cm³/mol. The number of aromatic nitrogens is 1. The van der Waals surface area contributed by atoms with E-state index in [1.807, 2.05) is 30.8 Å². The third-order valence-corrected chi connectivity index (χ3v) is 4.80. The maximum Gasteiger partial charge on any atom is 0.268 e. The van der Waals surface area contributed by atoms with Crippen LogP contribution in [0.15, 0.2) is 0 Å². The van der Waals surface area contributed by atoms with Crippen molar-refractivity contribution in [2.45, 2.75) is 25.8 Å². The highest BCUT2D eigenvalue weighted by molar-refractivity contribution is 7.18. The Balaban J connectivity index is 2.19. The number of hydrogen-bond donors (Lipinski definition) is 2. The molecular weight excluding hydrogens is 274 g/mol. The average Bonchev–Trinajstić information content (AvgIpc) is 2.83. The van der Waals surface area contributed by atoms with Crippen molar-refractivity contribution in [2.24, 2.45) is 0 Å². The molecule has 3 N–H and O–H groups in total. The van der Waals surface area contributed by atoms with Crippen LogP contribution in [-0.2, 0) is 0 Å². The molecule has 112 valence electrons. The summed E-state index contributed by atoms with van der Waals surface area (Å²) in [5.74, 6) is 0.360. The molecule has 0 spiro atoms. The Bertz CT molecular complexity index is 467. The topological polar surface area (TPSA) is 74.5 Å². The third kappa shape index (κ3) is 3.04. The first-order valence-corrected chi connectivity index (χ1v) is 7.81. The Labute approximate surface area is 124 Å². The number of amides is 1. The summed E-state index contributed by atoms with van der Waals surface area (Å²) in [5.41, 5.74) is 5.91. The average molecular weight is 297 g/mol. The van der Waals surface area contributed by atoms with Crippen LogP contribution in [0.5, 0.6) is 0 Å². The van der Waals surface area contributed by atoms with E-state index in [0.29, 0.717) is 23.3 Å². The summed E-state index contributed by atoms with van der Waals surface area (Å²) in [6, 6.07) is 0.304. The summed E-state index contributed by atoms with van der Waals surface area (Å²) in [4.78, 5) is 21.3. The van der Waals surface area contributed by atoms with Crippen LogP contribution >= 0.6 is 11.3 Å². The SMILES string of the molecule is CCN(C(=O)c1sc(N(C)C)nc1N)C1CCNCC1. The molecule has 1 aliphatic rings. The largest absolute Gasteiger partial charge is 0.382 e. The van der Waals surface area contributed by atoms with Crippen molar-refractivity contribution in [3.8, 4) is 0 Å². The lowest BCUT2D eigenvalue weighted by atomic mass is 10.0. The second kappa shape index (κ2) is 6.41. The molecule has 1 aromatic heterocycles. The van der Waals surface area contributed by atoms with Gasteiger partial charge in [-0.05, 0) is 32.9 Å². The van der Waals surface area contributed by atoms with Crippen LogP contribution < -0.4 is 16.0 Å². The highest BCUT2D eigenvalue weighted by atomic mass is 32.1. The maximum absolute atomic E-state index is 12.7. The molecule has 1 fully saturated rings. The number of nitrogens with one attached hydrogen (secondary N) is 1. The molecule has 0 bridgehead atoms. The van der Waals surface area contributed by atoms with Gasteiger partial charge in [0.1, 0.15) is 10.7 Å². The first-order chi connectivity index (χ1) is 9.54. The van der Waals surface area contributed by atoms with E-state index < -0.39 is 0 Å². The lowest BCUT2D eigenvalue weighted by molar-refractivity contribution is 0.0662. The smallest absolute Gasteiger partial charge is 0.268 e. The molecular formula is C13H23N5OS. The van der Waals surface area contributed by atoms with Gasteiger partial charge in [-0.15, -0.1) is 0 Å². The number of piperidine rings is 1. The van der Waals surface area contributed by atoms with Crippen molar-refractivity contribution >= 4 is 28.2 Å². The van der Waals surface area contributed by atoms with Crippen molar-refractivity contribution in [1.29, 1.82) is 0 Å². The molecule has 1 saturated heterocycles. The Morgan fingerprint density at radius 2 is 2.10 bits per heavy atom. The zero-order chi connectivity index (χ0) is 14.7. The number of rotatable bonds is 4. The quantitative estimate of drug-likeness (QED) is 0.867. The zero-order valence-electron chi connectivity index (χ0n) is 12.3. The van der Waals surface area contributed by atoms with Crippen LogP contribution in [0.3, 0.4) is 0 Å². The van der Waals surface area contributed by atoms with Crippen LogP contribution in [0, 0.1) is 0 Å². The summed E-state index contributed by atoms with van der Waals surface area (Å²) in [5, 5.41) is 4.09. The number of nitrogen functional groups attached to an aromatic ring is 1.